The lowest BCUT2D eigenvalue weighted by atomic mass is 9.89. The summed E-state index contributed by atoms with van der Waals surface area (Å²) in [7, 11) is 0. The first-order valence-electron chi connectivity index (χ1n) is 8.60. The predicted octanol–water partition coefficient (Wildman–Crippen LogP) is 3.68. The van der Waals surface area contributed by atoms with Crippen molar-refractivity contribution in [3.8, 4) is 0 Å². The maximum absolute atomic E-state index is 12.4. The van der Waals surface area contributed by atoms with Gasteiger partial charge in [-0.15, -0.1) is 12.4 Å². The van der Waals surface area contributed by atoms with Gasteiger partial charge in [-0.3, -0.25) is 9.69 Å². The number of nitrogens with zero attached hydrogens (tertiary/aromatic N) is 1. The number of nitrogens with two attached hydrogens (primary N) is 1. The molecule has 2 aromatic carbocycles. The minimum atomic E-state index is -0.0187. The zero-order valence-corrected chi connectivity index (χ0v) is 16.4. The Kier molecular flexibility index (Phi) is 7.47. The molecule has 2 atom stereocenters. The quantitative estimate of drug-likeness (QED) is 0.814. The lowest BCUT2D eigenvalue weighted by molar-refractivity contribution is -0.117. The van der Waals surface area contributed by atoms with E-state index in [2.05, 4.69) is 34.5 Å². The number of nitrogens with one attached hydrogen (secondary N) is 1. The summed E-state index contributed by atoms with van der Waals surface area (Å²) in [6, 6.07) is 15.9. The zero-order valence-electron chi connectivity index (χ0n) is 14.8. The van der Waals surface area contributed by atoms with Crippen molar-refractivity contribution in [1.82, 2.24) is 4.90 Å². The Morgan fingerprint density at radius 3 is 2.65 bits per heavy atom. The number of benzene rings is 2. The molecule has 1 saturated heterocycles. The Balaban J connectivity index is 0.00000243. The van der Waals surface area contributed by atoms with Crippen molar-refractivity contribution in [3.05, 3.63) is 64.7 Å². The van der Waals surface area contributed by atoms with Crippen LogP contribution in [0.3, 0.4) is 0 Å². The molecule has 0 saturated carbocycles. The second kappa shape index (κ2) is 9.38. The largest absolute Gasteiger partial charge is 0.330 e. The van der Waals surface area contributed by atoms with Crippen molar-refractivity contribution in [2.24, 2.45) is 11.7 Å². The number of halogens is 2. The summed E-state index contributed by atoms with van der Waals surface area (Å²) < 4.78 is 0. The van der Waals surface area contributed by atoms with Gasteiger partial charge >= 0.3 is 0 Å². The molecule has 3 rings (SSSR count). The molecule has 0 radical (unpaired) electrons. The topological polar surface area (TPSA) is 58.4 Å². The molecule has 6 heteroatoms. The summed E-state index contributed by atoms with van der Waals surface area (Å²) in [6.07, 6.45) is 0. The molecule has 26 heavy (non-hydrogen) atoms. The first kappa shape index (κ1) is 20.7. The van der Waals surface area contributed by atoms with Gasteiger partial charge in [-0.25, -0.2) is 0 Å². The molecule has 0 spiro atoms. The van der Waals surface area contributed by atoms with Gasteiger partial charge in [-0.1, -0.05) is 48.0 Å². The van der Waals surface area contributed by atoms with Crippen LogP contribution in [0.25, 0.3) is 0 Å². The van der Waals surface area contributed by atoms with Gasteiger partial charge in [-0.2, -0.15) is 0 Å². The van der Waals surface area contributed by atoms with Gasteiger partial charge in [0.2, 0.25) is 5.91 Å². The van der Waals surface area contributed by atoms with Crippen LogP contribution in [0.2, 0.25) is 5.02 Å². The Morgan fingerprint density at radius 2 is 1.96 bits per heavy atom. The summed E-state index contributed by atoms with van der Waals surface area (Å²) in [5, 5.41) is 3.59. The van der Waals surface area contributed by atoms with Crippen LogP contribution in [0.5, 0.6) is 0 Å². The number of likely N-dealkylation sites (tertiary alicyclic amines) is 1. The van der Waals surface area contributed by atoms with Crippen molar-refractivity contribution in [2.75, 3.05) is 31.5 Å². The molecular weight excluding hydrogens is 369 g/mol. The van der Waals surface area contributed by atoms with Gasteiger partial charge in [0.05, 0.1) is 6.54 Å². The van der Waals surface area contributed by atoms with E-state index in [4.69, 9.17) is 17.3 Å². The molecule has 3 N–H and O–H groups in total. The molecule has 1 aliphatic heterocycles. The first-order valence-corrected chi connectivity index (χ1v) is 8.98. The van der Waals surface area contributed by atoms with Crippen LogP contribution in [-0.2, 0) is 4.79 Å². The molecule has 1 amide bonds. The third kappa shape index (κ3) is 4.98. The van der Waals surface area contributed by atoms with Crippen LogP contribution in [0, 0.1) is 12.8 Å². The Bertz CT molecular complexity index is 739. The molecule has 0 aromatic heterocycles. The predicted molar refractivity (Wildman–Crippen MR) is 110 cm³/mol. The maximum Gasteiger partial charge on any atom is 0.238 e. The normalized spacial score (nSPS) is 19.8. The summed E-state index contributed by atoms with van der Waals surface area (Å²) in [5.41, 5.74) is 9.04. The van der Waals surface area contributed by atoms with Crippen molar-refractivity contribution in [1.29, 1.82) is 0 Å². The van der Waals surface area contributed by atoms with E-state index in [1.54, 1.807) is 6.07 Å². The minimum Gasteiger partial charge on any atom is -0.330 e. The van der Waals surface area contributed by atoms with E-state index < -0.39 is 0 Å². The first-order chi connectivity index (χ1) is 12.1. The summed E-state index contributed by atoms with van der Waals surface area (Å²) in [6.45, 7) is 4.65. The number of rotatable bonds is 5. The average Bonchev–Trinajstić information content (AvgIpc) is 3.01. The third-order valence-electron chi connectivity index (χ3n) is 4.89. The summed E-state index contributed by atoms with van der Waals surface area (Å²) in [5.74, 6) is 0.741. The maximum atomic E-state index is 12.4. The van der Waals surface area contributed by atoms with Crippen LogP contribution in [0.15, 0.2) is 48.5 Å². The van der Waals surface area contributed by atoms with Gasteiger partial charge in [0.25, 0.3) is 0 Å². The summed E-state index contributed by atoms with van der Waals surface area (Å²) >= 11 is 6.02. The zero-order chi connectivity index (χ0) is 17.8. The molecule has 1 fully saturated rings. The van der Waals surface area contributed by atoms with Crippen LogP contribution >= 0.6 is 24.0 Å². The SMILES string of the molecule is Cc1ccc(Cl)cc1NC(=O)CN1C[C@@H](CN)[C@H](c2ccccc2)C1.Cl. The van der Waals surface area contributed by atoms with E-state index in [0.717, 1.165) is 24.3 Å². The molecule has 0 bridgehead atoms. The number of carbonyl (C=O) groups excluding carboxylic acids is 1. The second-order valence-electron chi connectivity index (χ2n) is 6.71. The average molecular weight is 394 g/mol. The van der Waals surface area contributed by atoms with Crippen LogP contribution in [-0.4, -0.2) is 37.0 Å². The number of hydrogen-bond donors (Lipinski definition) is 2. The fourth-order valence-electron chi connectivity index (χ4n) is 3.53. The van der Waals surface area contributed by atoms with E-state index >= 15 is 0 Å². The third-order valence-corrected chi connectivity index (χ3v) is 5.12. The van der Waals surface area contributed by atoms with Crippen LogP contribution in [0.4, 0.5) is 5.69 Å². The smallest absolute Gasteiger partial charge is 0.238 e. The Labute approximate surface area is 166 Å². The molecular formula is C20H25Cl2N3O. The van der Waals surface area contributed by atoms with Gasteiger partial charge in [0.15, 0.2) is 0 Å². The fraction of sp³-hybridized carbons (Fsp3) is 0.350. The molecule has 0 aliphatic carbocycles. The Hall–Kier alpha value is -1.59. The van der Waals surface area contributed by atoms with Crippen molar-refractivity contribution in [2.45, 2.75) is 12.8 Å². The highest BCUT2D eigenvalue weighted by molar-refractivity contribution is 6.31. The lowest BCUT2D eigenvalue weighted by Crippen LogP contribution is -2.32. The van der Waals surface area contributed by atoms with Gasteiger partial charge in [0, 0.05) is 29.7 Å². The van der Waals surface area contributed by atoms with E-state index in [0.29, 0.717) is 29.9 Å². The second-order valence-corrected chi connectivity index (χ2v) is 7.15. The molecule has 2 aromatic rings. The lowest BCUT2D eigenvalue weighted by Gasteiger charge is -2.17. The number of hydrogen-bond acceptors (Lipinski definition) is 3. The van der Waals surface area contributed by atoms with Crippen LogP contribution < -0.4 is 11.1 Å². The number of aryl methyl sites for hydroxylation is 1. The summed E-state index contributed by atoms with van der Waals surface area (Å²) in [4.78, 5) is 14.6. The van der Waals surface area contributed by atoms with Gasteiger partial charge in [0.1, 0.15) is 0 Å². The van der Waals surface area contributed by atoms with E-state index in [-0.39, 0.29) is 18.3 Å². The highest BCUT2D eigenvalue weighted by Gasteiger charge is 2.33. The van der Waals surface area contributed by atoms with Crippen molar-refractivity contribution >= 4 is 35.6 Å². The van der Waals surface area contributed by atoms with Crippen molar-refractivity contribution in [3.63, 3.8) is 0 Å². The van der Waals surface area contributed by atoms with Crippen LogP contribution in [0.1, 0.15) is 17.0 Å². The fourth-order valence-corrected chi connectivity index (χ4v) is 3.70. The standard InChI is InChI=1S/C20H24ClN3O.ClH/c1-14-7-8-17(21)9-19(14)23-20(25)13-24-11-16(10-22)18(12-24)15-5-3-2-4-6-15;/h2-9,16,18H,10-13,22H2,1H3,(H,23,25);1H/t16-,18+;/m1./s1. The number of amides is 1. The highest BCUT2D eigenvalue weighted by atomic mass is 35.5. The van der Waals surface area contributed by atoms with E-state index in [1.165, 1.54) is 5.56 Å². The van der Waals surface area contributed by atoms with E-state index in [1.807, 2.05) is 25.1 Å². The van der Waals surface area contributed by atoms with Gasteiger partial charge < -0.3 is 11.1 Å². The molecule has 140 valence electrons. The minimum absolute atomic E-state index is 0. The van der Waals surface area contributed by atoms with Gasteiger partial charge in [-0.05, 0) is 42.6 Å². The van der Waals surface area contributed by atoms with Crippen molar-refractivity contribution < 1.29 is 4.79 Å². The Morgan fingerprint density at radius 1 is 1.23 bits per heavy atom. The van der Waals surface area contributed by atoms with E-state index in [9.17, 15) is 4.79 Å². The monoisotopic (exact) mass is 393 g/mol. The molecule has 1 heterocycles. The number of carbonyl (C=O) groups is 1. The highest BCUT2D eigenvalue weighted by Crippen LogP contribution is 2.31. The molecule has 0 unspecified atom stereocenters. The number of anilines is 1. The molecule has 1 aliphatic rings. The molecule has 4 nitrogen and oxygen atoms in total.